The molecule has 0 amide bonds. The maximum absolute atomic E-state index is 12.1. The molecule has 1 aromatic carbocycles. The van der Waals surface area contributed by atoms with Crippen molar-refractivity contribution >= 4 is 38.5 Å². The summed E-state index contributed by atoms with van der Waals surface area (Å²) in [7, 11) is -3.44. The first-order valence-corrected chi connectivity index (χ1v) is 7.70. The van der Waals surface area contributed by atoms with Gasteiger partial charge in [-0.05, 0) is 29.6 Å². The summed E-state index contributed by atoms with van der Waals surface area (Å²) >= 11 is 7.19. The fraction of sp³-hybridized carbons (Fsp3) is 0.0909. The van der Waals surface area contributed by atoms with Gasteiger partial charge < -0.3 is 5.73 Å². The van der Waals surface area contributed by atoms with Crippen molar-refractivity contribution in [3.63, 3.8) is 0 Å². The number of nitrogen functional groups attached to an aromatic ring is 1. The van der Waals surface area contributed by atoms with Crippen molar-refractivity contribution in [3.8, 4) is 0 Å². The zero-order valence-electron chi connectivity index (χ0n) is 8.76. The topological polar surface area (TPSA) is 60.2 Å². The molecular weight excluding hydrogens is 278 g/mol. The second-order valence-corrected chi connectivity index (χ2v) is 6.95. The Morgan fingerprint density at radius 3 is 2.71 bits per heavy atom. The van der Waals surface area contributed by atoms with Crippen LogP contribution in [0, 0.1) is 0 Å². The van der Waals surface area contributed by atoms with Crippen molar-refractivity contribution in [1.29, 1.82) is 0 Å². The predicted molar refractivity (Wildman–Crippen MR) is 71.1 cm³/mol. The monoisotopic (exact) mass is 287 g/mol. The highest BCUT2D eigenvalue weighted by molar-refractivity contribution is 7.91. The van der Waals surface area contributed by atoms with Crippen LogP contribution >= 0.6 is 22.9 Å². The third-order valence-electron chi connectivity index (χ3n) is 2.22. The van der Waals surface area contributed by atoms with Crippen molar-refractivity contribution in [1.82, 2.24) is 0 Å². The summed E-state index contributed by atoms with van der Waals surface area (Å²) in [5.41, 5.74) is 5.90. The number of hydrogen-bond donors (Lipinski definition) is 1. The second kappa shape index (κ2) is 4.68. The van der Waals surface area contributed by atoms with Crippen molar-refractivity contribution in [2.75, 3.05) is 5.73 Å². The highest BCUT2D eigenvalue weighted by Gasteiger charge is 2.19. The Kier molecular flexibility index (Phi) is 3.42. The van der Waals surface area contributed by atoms with Gasteiger partial charge in [0.25, 0.3) is 0 Å². The first-order chi connectivity index (χ1) is 7.99. The zero-order valence-corrected chi connectivity index (χ0v) is 11.1. The molecule has 17 heavy (non-hydrogen) atoms. The van der Waals surface area contributed by atoms with Gasteiger partial charge in [-0.3, -0.25) is 0 Å². The van der Waals surface area contributed by atoms with E-state index in [9.17, 15) is 8.42 Å². The largest absolute Gasteiger partial charge is 0.398 e. The molecule has 0 aliphatic rings. The van der Waals surface area contributed by atoms with Crippen LogP contribution in [-0.2, 0) is 15.6 Å². The molecule has 6 heteroatoms. The van der Waals surface area contributed by atoms with Gasteiger partial charge in [-0.2, -0.15) is 0 Å². The third-order valence-corrected chi connectivity index (χ3v) is 5.23. The van der Waals surface area contributed by atoms with Crippen LogP contribution < -0.4 is 5.73 Å². The molecule has 1 heterocycles. The van der Waals surface area contributed by atoms with E-state index < -0.39 is 9.84 Å². The van der Waals surface area contributed by atoms with Crippen molar-refractivity contribution in [3.05, 3.63) is 45.6 Å². The maximum Gasteiger partial charge on any atom is 0.185 e. The van der Waals surface area contributed by atoms with Gasteiger partial charge in [-0.15, -0.1) is 11.3 Å². The molecule has 0 radical (unpaired) electrons. The summed E-state index contributed by atoms with van der Waals surface area (Å²) < 4.78 is 24.3. The number of anilines is 1. The van der Waals surface area contributed by atoms with E-state index in [2.05, 4.69) is 0 Å². The fourth-order valence-corrected chi connectivity index (χ4v) is 4.26. The molecule has 2 aromatic rings. The van der Waals surface area contributed by atoms with E-state index in [1.165, 1.54) is 23.5 Å². The van der Waals surface area contributed by atoms with Crippen LogP contribution in [0.15, 0.2) is 40.6 Å². The van der Waals surface area contributed by atoms with E-state index in [0.717, 1.165) is 4.88 Å². The van der Waals surface area contributed by atoms with E-state index in [0.29, 0.717) is 5.02 Å². The van der Waals surface area contributed by atoms with Gasteiger partial charge in [-0.25, -0.2) is 8.42 Å². The molecule has 0 fully saturated rings. The Morgan fingerprint density at radius 1 is 1.29 bits per heavy atom. The lowest BCUT2D eigenvalue weighted by Gasteiger charge is -2.06. The molecule has 0 aliphatic carbocycles. The normalized spacial score (nSPS) is 11.6. The Balaban J connectivity index is 2.41. The first-order valence-electron chi connectivity index (χ1n) is 4.79. The van der Waals surface area contributed by atoms with E-state index in [1.54, 1.807) is 12.1 Å². The molecule has 90 valence electrons. The minimum Gasteiger partial charge on any atom is -0.398 e. The van der Waals surface area contributed by atoms with Gasteiger partial charge in [0.1, 0.15) is 0 Å². The van der Waals surface area contributed by atoms with Crippen molar-refractivity contribution in [2.45, 2.75) is 10.6 Å². The Labute approximate surface area is 109 Å². The van der Waals surface area contributed by atoms with Crippen molar-refractivity contribution < 1.29 is 8.42 Å². The molecule has 0 unspecified atom stereocenters. The molecule has 1 aromatic heterocycles. The molecule has 2 N–H and O–H groups in total. The van der Waals surface area contributed by atoms with Gasteiger partial charge in [0.05, 0.1) is 16.3 Å². The van der Waals surface area contributed by atoms with Crippen LogP contribution in [0.5, 0.6) is 0 Å². The van der Waals surface area contributed by atoms with E-state index in [4.69, 9.17) is 17.3 Å². The molecule has 0 aliphatic heterocycles. The molecular formula is C11H10ClNO2S2. The average molecular weight is 288 g/mol. The highest BCUT2D eigenvalue weighted by atomic mass is 35.5. The summed E-state index contributed by atoms with van der Waals surface area (Å²) in [6.07, 6.45) is 0. The van der Waals surface area contributed by atoms with Crippen LogP contribution in [-0.4, -0.2) is 8.42 Å². The zero-order chi connectivity index (χ0) is 12.5. The van der Waals surface area contributed by atoms with Gasteiger partial charge in [0.15, 0.2) is 9.84 Å². The Morgan fingerprint density at radius 2 is 2.06 bits per heavy atom. The third kappa shape index (κ3) is 2.80. The van der Waals surface area contributed by atoms with Gasteiger partial charge >= 0.3 is 0 Å². The average Bonchev–Trinajstić information content (AvgIpc) is 2.73. The molecule has 0 bridgehead atoms. The van der Waals surface area contributed by atoms with Crippen LogP contribution in [0.25, 0.3) is 0 Å². The van der Waals surface area contributed by atoms with Crippen LogP contribution in [0.3, 0.4) is 0 Å². The summed E-state index contributed by atoms with van der Waals surface area (Å²) in [5, 5.41) is 2.20. The highest BCUT2D eigenvalue weighted by Crippen LogP contribution is 2.26. The smallest absolute Gasteiger partial charge is 0.185 e. The molecule has 0 atom stereocenters. The Bertz CT molecular complexity index is 621. The summed E-state index contributed by atoms with van der Waals surface area (Å²) in [6, 6.07) is 8.06. The number of sulfone groups is 1. The number of rotatable bonds is 3. The molecule has 2 rings (SSSR count). The van der Waals surface area contributed by atoms with E-state index in [-0.39, 0.29) is 16.3 Å². The van der Waals surface area contributed by atoms with E-state index in [1.807, 2.05) is 11.4 Å². The first kappa shape index (κ1) is 12.4. The molecule has 0 saturated carbocycles. The predicted octanol–water partition coefficient (Wildman–Crippen LogP) is 2.96. The number of benzene rings is 1. The lowest BCUT2D eigenvalue weighted by Crippen LogP contribution is -2.07. The maximum atomic E-state index is 12.1. The number of hydrogen-bond acceptors (Lipinski definition) is 4. The van der Waals surface area contributed by atoms with Crippen LogP contribution in [0.1, 0.15) is 4.88 Å². The van der Waals surface area contributed by atoms with Gasteiger partial charge in [-0.1, -0.05) is 17.7 Å². The van der Waals surface area contributed by atoms with Gasteiger partial charge in [0.2, 0.25) is 0 Å². The van der Waals surface area contributed by atoms with Crippen LogP contribution in [0.2, 0.25) is 5.02 Å². The van der Waals surface area contributed by atoms with Crippen molar-refractivity contribution in [2.24, 2.45) is 0 Å². The summed E-state index contributed by atoms with van der Waals surface area (Å²) in [6.45, 7) is 0. The quantitative estimate of drug-likeness (QED) is 0.883. The van der Waals surface area contributed by atoms with Crippen LogP contribution in [0.4, 0.5) is 5.69 Å². The molecule has 0 saturated heterocycles. The minimum atomic E-state index is -3.44. The molecule has 0 spiro atoms. The second-order valence-electron chi connectivity index (χ2n) is 3.52. The lowest BCUT2D eigenvalue weighted by atomic mass is 10.3. The Hall–Kier alpha value is -1.04. The number of halogens is 1. The number of nitrogens with two attached hydrogens (primary N) is 1. The summed E-state index contributed by atoms with van der Waals surface area (Å²) in [4.78, 5) is 0.878. The van der Waals surface area contributed by atoms with E-state index >= 15 is 0 Å². The standard InChI is InChI=1S/C11H10ClNO2S2/c12-8-3-4-10(13)11(6-8)17(14,15)7-9-2-1-5-16-9/h1-6H,7,13H2. The summed E-state index contributed by atoms with van der Waals surface area (Å²) in [5.74, 6) is -0.0464. The minimum absolute atomic E-state index is 0.0464. The number of thiophene rings is 1. The fourth-order valence-electron chi connectivity index (χ4n) is 1.44. The van der Waals surface area contributed by atoms with Gasteiger partial charge in [0, 0.05) is 9.90 Å². The lowest BCUT2D eigenvalue weighted by molar-refractivity contribution is 0.596. The SMILES string of the molecule is Nc1ccc(Cl)cc1S(=O)(=O)Cc1cccs1. The molecule has 3 nitrogen and oxygen atoms in total.